The standard InChI is InChI=1S/C32H45FN2O3/c1-4-38-19-32(37)15-13-23-22(17-32)9-11-25-24(23)12-14-31(3)27(6-5-7-28(25)31)20(2)35-30(36)26-10-8-21(18-34)16-29(26)33/h8,10,16,20,22-25,27-28,37H,4-7,9,11-15,17,19H2,1-3H3,(H,35,36)/t20-,22+,23-,24?,25+,27+,28-,31+,32+/m0/s1. The summed E-state index contributed by atoms with van der Waals surface area (Å²) < 4.78 is 20.2. The Morgan fingerprint density at radius 1 is 1.18 bits per heavy atom. The van der Waals surface area contributed by atoms with E-state index in [0.29, 0.717) is 31.0 Å². The maximum atomic E-state index is 14.5. The van der Waals surface area contributed by atoms with Crippen LogP contribution >= 0.6 is 0 Å². The van der Waals surface area contributed by atoms with E-state index in [1.165, 1.54) is 50.7 Å². The smallest absolute Gasteiger partial charge is 0.254 e. The lowest BCUT2D eigenvalue weighted by molar-refractivity contribution is -0.144. The Hall–Kier alpha value is -1.97. The van der Waals surface area contributed by atoms with Gasteiger partial charge in [0.25, 0.3) is 5.91 Å². The molecule has 0 aromatic heterocycles. The normalized spacial score (nSPS) is 39.2. The van der Waals surface area contributed by atoms with Gasteiger partial charge in [-0.1, -0.05) is 13.3 Å². The van der Waals surface area contributed by atoms with Gasteiger partial charge in [0.1, 0.15) is 5.82 Å². The van der Waals surface area contributed by atoms with Crippen molar-refractivity contribution in [2.24, 2.45) is 40.9 Å². The molecule has 9 atom stereocenters. The van der Waals surface area contributed by atoms with Crippen LogP contribution in [0.25, 0.3) is 0 Å². The van der Waals surface area contributed by atoms with E-state index in [1.54, 1.807) is 0 Å². The highest BCUT2D eigenvalue weighted by atomic mass is 19.1. The molecule has 208 valence electrons. The molecule has 1 aromatic carbocycles. The molecule has 2 N–H and O–H groups in total. The predicted molar refractivity (Wildman–Crippen MR) is 145 cm³/mol. The molecule has 1 amide bonds. The van der Waals surface area contributed by atoms with E-state index in [4.69, 9.17) is 10.00 Å². The maximum Gasteiger partial charge on any atom is 0.254 e. The van der Waals surface area contributed by atoms with Gasteiger partial charge in [-0.3, -0.25) is 4.79 Å². The molecule has 4 aliphatic rings. The summed E-state index contributed by atoms with van der Waals surface area (Å²) in [5, 5.41) is 23.3. The zero-order valence-corrected chi connectivity index (χ0v) is 23.3. The van der Waals surface area contributed by atoms with Crippen molar-refractivity contribution in [3.05, 3.63) is 35.1 Å². The van der Waals surface area contributed by atoms with Gasteiger partial charge in [-0.15, -0.1) is 0 Å². The van der Waals surface area contributed by atoms with Gasteiger partial charge in [0.15, 0.2) is 0 Å². The number of benzene rings is 1. The van der Waals surface area contributed by atoms with E-state index in [2.05, 4.69) is 19.2 Å². The Balaban J connectivity index is 1.27. The number of carbonyl (C=O) groups excluding carboxylic acids is 1. The second-order valence-corrected chi connectivity index (χ2v) is 13.2. The Kier molecular flexibility index (Phi) is 7.91. The number of rotatable bonds is 6. The summed E-state index contributed by atoms with van der Waals surface area (Å²) in [7, 11) is 0. The number of ether oxygens (including phenoxy) is 1. The SMILES string of the molecule is CCOC[C@@]1(O)CC[C@@H]2C3CC[C@]4(C)[C@@H]([C@H](C)NC(=O)c5ccc(C#N)cc5F)CCC[C@H]4[C@@H]3CC[C@@H]2C1. The maximum absolute atomic E-state index is 14.5. The first-order valence-corrected chi connectivity index (χ1v) is 15.0. The highest BCUT2D eigenvalue weighted by molar-refractivity contribution is 5.94. The molecule has 4 aliphatic carbocycles. The van der Waals surface area contributed by atoms with Gasteiger partial charge in [0, 0.05) is 12.6 Å². The Morgan fingerprint density at radius 3 is 2.71 bits per heavy atom. The number of nitriles is 1. The third-order valence-corrected chi connectivity index (χ3v) is 11.3. The van der Waals surface area contributed by atoms with Gasteiger partial charge in [0.05, 0.1) is 29.4 Å². The summed E-state index contributed by atoms with van der Waals surface area (Å²) in [6, 6.07) is 5.94. The zero-order valence-electron chi connectivity index (χ0n) is 23.3. The minimum absolute atomic E-state index is 0.0111. The average molecular weight is 525 g/mol. The van der Waals surface area contributed by atoms with Crippen molar-refractivity contribution >= 4 is 5.91 Å². The number of hydrogen-bond donors (Lipinski definition) is 2. The van der Waals surface area contributed by atoms with Crippen molar-refractivity contribution in [1.29, 1.82) is 5.26 Å². The minimum atomic E-state index is -0.648. The molecule has 4 fully saturated rings. The molecule has 0 spiro atoms. The fourth-order valence-electron chi connectivity index (χ4n) is 9.60. The molecular formula is C32H45FN2O3. The van der Waals surface area contributed by atoms with E-state index < -0.39 is 11.4 Å². The van der Waals surface area contributed by atoms with Crippen LogP contribution < -0.4 is 5.32 Å². The molecule has 0 aliphatic heterocycles. The molecule has 1 unspecified atom stereocenters. The predicted octanol–water partition coefficient (Wildman–Crippen LogP) is 6.24. The van der Waals surface area contributed by atoms with Crippen LogP contribution in [0.15, 0.2) is 18.2 Å². The number of hydrogen-bond acceptors (Lipinski definition) is 4. The first-order chi connectivity index (χ1) is 18.2. The summed E-state index contributed by atoms with van der Waals surface area (Å²) in [6.07, 6.45) is 11.3. The van der Waals surface area contributed by atoms with Crippen molar-refractivity contribution in [3.63, 3.8) is 0 Å². The summed E-state index contributed by atoms with van der Waals surface area (Å²) >= 11 is 0. The number of nitrogens with zero attached hydrogens (tertiary/aromatic N) is 1. The Labute approximate surface area is 227 Å². The number of carbonyl (C=O) groups is 1. The number of amides is 1. The topological polar surface area (TPSA) is 82.3 Å². The molecule has 4 saturated carbocycles. The molecule has 5 nitrogen and oxygen atoms in total. The third-order valence-electron chi connectivity index (χ3n) is 11.3. The van der Waals surface area contributed by atoms with Crippen LogP contribution in [0.2, 0.25) is 0 Å². The summed E-state index contributed by atoms with van der Waals surface area (Å²) in [4.78, 5) is 13.0. The lowest BCUT2D eigenvalue weighted by Gasteiger charge is -2.61. The van der Waals surface area contributed by atoms with E-state index in [-0.39, 0.29) is 28.5 Å². The van der Waals surface area contributed by atoms with Crippen LogP contribution in [0.3, 0.4) is 0 Å². The summed E-state index contributed by atoms with van der Waals surface area (Å²) in [5.41, 5.74) is -0.243. The summed E-state index contributed by atoms with van der Waals surface area (Å²) in [6.45, 7) is 7.69. The van der Waals surface area contributed by atoms with Gasteiger partial charge in [-0.2, -0.15) is 5.26 Å². The molecular weight excluding hydrogens is 479 g/mol. The van der Waals surface area contributed by atoms with Crippen LogP contribution in [-0.4, -0.2) is 35.9 Å². The lowest BCUT2D eigenvalue weighted by Crippen LogP contribution is -2.57. The molecule has 0 bridgehead atoms. The second kappa shape index (κ2) is 10.9. The van der Waals surface area contributed by atoms with Gasteiger partial charge in [-0.25, -0.2) is 4.39 Å². The van der Waals surface area contributed by atoms with Crippen molar-refractivity contribution in [2.75, 3.05) is 13.2 Å². The number of halogens is 1. The molecule has 5 rings (SSSR count). The fourth-order valence-corrected chi connectivity index (χ4v) is 9.60. The largest absolute Gasteiger partial charge is 0.387 e. The van der Waals surface area contributed by atoms with Crippen molar-refractivity contribution in [1.82, 2.24) is 5.32 Å². The van der Waals surface area contributed by atoms with E-state index in [9.17, 15) is 14.3 Å². The molecule has 1 aromatic rings. The monoisotopic (exact) mass is 524 g/mol. The van der Waals surface area contributed by atoms with Gasteiger partial charge in [0.2, 0.25) is 0 Å². The third kappa shape index (κ3) is 5.02. The molecule has 0 heterocycles. The second-order valence-electron chi connectivity index (χ2n) is 13.2. The first kappa shape index (κ1) is 27.6. The van der Waals surface area contributed by atoms with Gasteiger partial charge < -0.3 is 15.2 Å². The first-order valence-electron chi connectivity index (χ1n) is 15.0. The molecule has 6 heteroatoms. The van der Waals surface area contributed by atoms with Crippen LogP contribution in [-0.2, 0) is 4.74 Å². The molecule has 0 saturated heterocycles. The van der Waals surface area contributed by atoms with Crippen molar-refractivity contribution in [3.8, 4) is 6.07 Å². The van der Waals surface area contributed by atoms with Crippen LogP contribution in [0.5, 0.6) is 0 Å². The highest BCUT2D eigenvalue weighted by Gasteiger charge is 2.57. The van der Waals surface area contributed by atoms with Crippen LogP contribution in [0, 0.1) is 58.1 Å². The fraction of sp³-hybridized carbons (Fsp3) is 0.750. The number of fused-ring (bicyclic) bond motifs is 5. The minimum Gasteiger partial charge on any atom is -0.387 e. The quantitative estimate of drug-likeness (QED) is 0.461. The van der Waals surface area contributed by atoms with Gasteiger partial charge in [-0.05, 0) is 131 Å². The van der Waals surface area contributed by atoms with E-state index in [1.807, 2.05) is 13.0 Å². The van der Waals surface area contributed by atoms with E-state index in [0.717, 1.165) is 49.5 Å². The van der Waals surface area contributed by atoms with E-state index >= 15 is 0 Å². The number of aliphatic hydroxyl groups is 1. The van der Waals surface area contributed by atoms with Crippen molar-refractivity contribution < 1.29 is 19.0 Å². The van der Waals surface area contributed by atoms with Crippen molar-refractivity contribution in [2.45, 2.75) is 96.6 Å². The van der Waals surface area contributed by atoms with Crippen LogP contribution in [0.4, 0.5) is 4.39 Å². The Morgan fingerprint density at radius 2 is 1.97 bits per heavy atom. The molecule has 38 heavy (non-hydrogen) atoms. The zero-order chi connectivity index (χ0) is 27.1. The van der Waals surface area contributed by atoms with Crippen LogP contribution in [0.1, 0.15) is 101 Å². The highest BCUT2D eigenvalue weighted by Crippen LogP contribution is 2.63. The molecule has 0 radical (unpaired) electrons. The number of nitrogens with one attached hydrogen (secondary N) is 1. The van der Waals surface area contributed by atoms with Gasteiger partial charge >= 0.3 is 0 Å². The average Bonchev–Trinajstić information content (AvgIpc) is 2.90. The summed E-state index contributed by atoms with van der Waals surface area (Å²) in [5.74, 6) is 2.82. The Bertz CT molecular complexity index is 1070. The lowest BCUT2D eigenvalue weighted by atomic mass is 9.44.